The highest BCUT2D eigenvalue weighted by molar-refractivity contribution is 5.94. The molecule has 0 aromatic heterocycles. The van der Waals surface area contributed by atoms with Crippen molar-refractivity contribution in [3.05, 3.63) is 75.6 Å². The number of hydrogen-bond donors (Lipinski definition) is 1. The lowest BCUT2D eigenvalue weighted by Crippen LogP contribution is -2.27. The third-order valence-corrected chi connectivity index (χ3v) is 3.35. The van der Waals surface area contributed by atoms with Crippen LogP contribution in [0, 0.1) is 15.9 Å². The molecular formula is C16H15FN2O3. The molecule has 0 spiro atoms. The molecule has 22 heavy (non-hydrogen) atoms. The van der Waals surface area contributed by atoms with Gasteiger partial charge in [-0.3, -0.25) is 14.9 Å². The topological polar surface area (TPSA) is 72.2 Å². The third-order valence-electron chi connectivity index (χ3n) is 3.35. The van der Waals surface area contributed by atoms with Crippen LogP contribution in [-0.2, 0) is 0 Å². The Morgan fingerprint density at radius 1 is 1.18 bits per heavy atom. The van der Waals surface area contributed by atoms with Gasteiger partial charge in [-0.15, -0.1) is 0 Å². The molecule has 0 aliphatic heterocycles. The third kappa shape index (κ3) is 3.88. The van der Waals surface area contributed by atoms with E-state index in [9.17, 15) is 19.3 Å². The second kappa shape index (κ2) is 6.80. The van der Waals surface area contributed by atoms with E-state index >= 15 is 0 Å². The van der Waals surface area contributed by atoms with Crippen LogP contribution < -0.4 is 5.32 Å². The first kappa shape index (κ1) is 15.6. The molecule has 0 radical (unpaired) electrons. The van der Waals surface area contributed by atoms with Gasteiger partial charge in [0.2, 0.25) is 0 Å². The number of benzene rings is 2. The van der Waals surface area contributed by atoms with Gasteiger partial charge in [0.25, 0.3) is 11.6 Å². The average Bonchev–Trinajstić information content (AvgIpc) is 2.53. The summed E-state index contributed by atoms with van der Waals surface area (Å²) in [6.07, 6.45) is 0. The van der Waals surface area contributed by atoms with Crippen LogP contribution in [0.5, 0.6) is 0 Å². The van der Waals surface area contributed by atoms with Crippen LogP contribution >= 0.6 is 0 Å². The molecular weight excluding hydrogens is 287 g/mol. The summed E-state index contributed by atoms with van der Waals surface area (Å²) in [5, 5.41) is 13.3. The number of carbonyl (C=O) groups excluding carboxylic acids is 1. The van der Waals surface area contributed by atoms with Crippen LogP contribution in [0.1, 0.15) is 28.8 Å². The van der Waals surface area contributed by atoms with E-state index in [4.69, 9.17) is 0 Å². The summed E-state index contributed by atoms with van der Waals surface area (Å²) >= 11 is 0. The first-order chi connectivity index (χ1) is 10.5. The number of halogens is 1. The van der Waals surface area contributed by atoms with Crippen molar-refractivity contribution in [3.8, 4) is 0 Å². The minimum absolute atomic E-state index is 0.0302. The molecule has 0 aliphatic rings. The SMILES string of the molecule is CC(CNC(=O)c1ccc([N+](=O)[O-])cc1)c1ccc(F)cc1. The molecule has 1 unspecified atom stereocenters. The molecule has 1 amide bonds. The summed E-state index contributed by atoms with van der Waals surface area (Å²) in [6, 6.07) is 11.5. The van der Waals surface area contributed by atoms with Crippen molar-refractivity contribution in [3.63, 3.8) is 0 Å². The lowest BCUT2D eigenvalue weighted by Gasteiger charge is -2.13. The Bertz CT molecular complexity index is 669. The number of non-ortho nitro benzene ring substituents is 1. The van der Waals surface area contributed by atoms with Gasteiger partial charge < -0.3 is 5.32 Å². The zero-order valence-corrected chi connectivity index (χ0v) is 12.0. The maximum absolute atomic E-state index is 12.9. The molecule has 0 saturated carbocycles. The van der Waals surface area contributed by atoms with E-state index in [-0.39, 0.29) is 23.3 Å². The second-order valence-corrected chi connectivity index (χ2v) is 4.97. The summed E-state index contributed by atoms with van der Waals surface area (Å²) in [4.78, 5) is 22.0. The molecule has 0 aliphatic carbocycles. The zero-order chi connectivity index (χ0) is 16.1. The Labute approximate surface area is 126 Å². The maximum atomic E-state index is 12.9. The summed E-state index contributed by atoms with van der Waals surface area (Å²) in [6.45, 7) is 2.31. The maximum Gasteiger partial charge on any atom is 0.269 e. The largest absolute Gasteiger partial charge is 0.351 e. The van der Waals surface area contributed by atoms with Gasteiger partial charge >= 0.3 is 0 Å². The molecule has 2 aromatic carbocycles. The van der Waals surface area contributed by atoms with Gasteiger partial charge in [0, 0.05) is 24.2 Å². The zero-order valence-electron chi connectivity index (χ0n) is 12.0. The van der Waals surface area contributed by atoms with E-state index in [0.29, 0.717) is 12.1 Å². The number of hydrogen-bond acceptors (Lipinski definition) is 3. The van der Waals surface area contributed by atoms with Crippen molar-refractivity contribution in [2.24, 2.45) is 0 Å². The number of amides is 1. The van der Waals surface area contributed by atoms with Crippen molar-refractivity contribution in [2.75, 3.05) is 6.54 Å². The fourth-order valence-corrected chi connectivity index (χ4v) is 1.99. The fraction of sp³-hybridized carbons (Fsp3) is 0.188. The van der Waals surface area contributed by atoms with Crippen LogP contribution in [-0.4, -0.2) is 17.4 Å². The Morgan fingerprint density at radius 3 is 2.32 bits per heavy atom. The molecule has 0 bridgehead atoms. The standard InChI is InChI=1S/C16H15FN2O3/c1-11(12-2-6-14(17)7-3-12)10-18-16(20)13-4-8-15(9-5-13)19(21)22/h2-9,11H,10H2,1H3,(H,18,20). The predicted molar refractivity (Wildman–Crippen MR) is 80.2 cm³/mol. The average molecular weight is 302 g/mol. The Hall–Kier alpha value is -2.76. The molecule has 0 fully saturated rings. The van der Waals surface area contributed by atoms with Gasteiger partial charge in [-0.2, -0.15) is 0 Å². The van der Waals surface area contributed by atoms with Gasteiger partial charge in [0.05, 0.1) is 4.92 Å². The second-order valence-electron chi connectivity index (χ2n) is 4.97. The minimum atomic E-state index is -0.516. The van der Waals surface area contributed by atoms with E-state index in [1.165, 1.54) is 36.4 Å². The van der Waals surface area contributed by atoms with Gasteiger partial charge in [0.1, 0.15) is 5.82 Å². The molecule has 114 valence electrons. The number of nitro groups is 1. The van der Waals surface area contributed by atoms with Crippen LogP contribution in [0.4, 0.5) is 10.1 Å². The van der Waals surface area contributed by atoms with Crippen LogP contribution in [0.2, 0.25) is 0 Å². The van der Waals surface area contributed by atoms with E-state index < -0.39 is 4.92 Å². The van der Waals surface area contributed by atoms with Crippen molar-refractivity contribution in [1.29, 1.82) is 0 Å². The molecule has 1 N–H and O–H groups in total. The number of carbonyl (C=O) groups is 1. The minimum Gasteiger partial charge on any atom is -0.351 e. The molecule has 0 saturated heterocycles. The van der Waals surface area contributed by atoms with Gasteiger partial charge in [-0.25, -0.2) is 4.39 Å². The summed E-state index contributed by atoms with van der Waals surface area (Å²) in [7, 11) is 0. The first-order valence-corrected chi connectivity index (χ1v) is 6.75. The van der Waals surface area contributed by atoms with E-state index in [2.05, 4.69) is 5.32 Å². The quantitative estimate of drug-likeness (QED) is 0.680. The monoisotopic (exact) mass is 302 g/mol. The van der Waals surface area contributed by atoms with E-state index in [0.717, 1.165) is 5.56 Å². The number of nitro benzene ring substituents is 1. The van der Waals surface area contributed by atoms with Crippen LogP contribution in [0.15, 0.2) is 48.5 Å². The highest BCUT2D eigenvalue weighted by Crippen LogP contribution is 2.15. The van der Waals surface area contributed by atoms with Crippen molar-refractivity contribution in [1.82, 2.24) is 5.32 Å². The Kier molecular flexibility index (Phi) is 4.83. The molecule has 5 nitrogen and oxygen atoms in total. The van der Waals surface area contributed by atoms with E-state index in [1.807, 2.05) is 6.92 Å². The lowest BCUT2D eigenvalue weighted by atomic mass is 10.0. The fourth-order valence-electron chi connectivity index (χ4n) is 1.99. The highest BCUT2D eigenvalue weighted by Gasteiger charge is 2.11. The van der Waals surface area contributed by atoms with Gasteiger partial charge in [-0.1, -0.05) is 19.1 Å². The van der Waals surface area contributed by atoms with Gasteiger partial charge in [0.15, 0.2) is 0 Å². The summed E-state index contributed by atoms with van der Waals surface area (Å²) in [5.74, 6) is -0.572. The highest BCUT2D eigenvalue weighted by atomic mass is 19.1. The lowest BCUT2D eigenvalue weighted by molar-refractivity contribution is -0.384. The molecule has 2 rings (SSSR count). The molecule has 2 aromatic rings. The van der Waals surface area contributed by atoms with E-state index in [1.54, 1.807) is 12.1 Å². The van der Waals surface area contributed by atoms with Gasteiger partial charge in [-0.05, 0) is 35.7 Å². The first-order valence-electron chi connectivity index (χ1n) is 6.75. The number of rotatable bonds is 5. The Balaban J connectivity index is 1.94. The van der Waals surface area contributed by atoms with Crippen molar-refractivity contribution in [2.45, 2.75) is 12.8 Å². The summed E-state index contributed by atoms with van der Waals surface area (Å²) < 4.78 is 12.9. The van der Waals surface area contributed by atoms with Crippen LogP contribution in [0.25, 0.3) is 0 Å². The molecule has 1 atom stereocenters. The van der Waals surface area contributed by atoms with Crippen molar-refractivity contribution < 1.29 is 14.1 Å². The number of nitrogens with one attached hydrogen (secondary N) is 1. The van der Waals surface area contributed by atoms with Crippen LogP contribution in [0.3, 0.4) is 0 Å². The smallest absolute Gasteiger partial charge is 0.269 e. The summed E-state index contributed by atoms with van der Waals surface area (Å²) in [5.41, 5.74) is 1.22. The predicted octanol–water partition coefficient (Wildman–Crippen LogP) is 3.27. The molecule has 0 heterocycles. The van der Waals surface area contributed by atoms with Crippen molar-refractivity contribution >= 4 is 11.6 Å². The number of nitrogens with zero attached hydrogens (tertiary/aromatic N) is 1. The normalized spacial score (nSPS) is 11.7. The molecule has 6 heteroatoms. The Morgan fingerprint density at radius 2 is 1.77 bits per heavy atom.